The number of benzene rings is 1. The lowest BCUT2D eigenvalue weighted by Gasteiger charge is -2.21. The first-order chi connectivity index (χ1) is 14.1. The summed E-state index contributed by atoms with van der Waals surface area (Å²) in [6.07, 6.45) is 4.40. The van der Waals surface area contributed by atoms with Crippen LogP contribution in [0.25, 0.3) is 0 Å². The molecule has 1 fully saturated rings. The topological polar surface area (TPSA) is 114 Å². The van der Waals surface area contributed by atoms with Gasteiger partial charge in [-0.15, -0.1) is 10.2 Å². The minimum atomic E-state index is -0.682. The molecule has 0 spiro atoms. The van der Waals surface area contributed by atoms with Gasteiger partial charge in [0.05, 0.1) is 12.1 Å². The summed E-state index contributed by atoms with van der Waals surface area (Å²) in [6, 6.07) is 8.96. The first kappa shape index (κ1) is 17.5. The molecule has 2 aliphatic rings. The first-order valence-corrected chi connectivity index (χ1v) is 9.37. The van der Waals surface area contributed by atoms with Crippen LogP contribution in [0.4, 0.5) is 5.82 Å². The first-order valence-electron chi connectivity index (χ1n) is 9.37. The van der Waals surface area contributed by atoms with E-state index in [0.29, 0.717) is 18.1 Å². The molecule has 1 aliphatic heterocycles. The van der Waals surface area contributed by atoms with Gasteiger partial charge < -0.3 is 9.73 Å². The lowest BCUT2D eigenvalue weighted by Crippen LogP contribution is -2.48. The van der Waals surface area contributed by atoms with E-state index < -0.39 is 11.9 Å². The van der Waals surface area contributed by atoms with Crippen molar-refractivity contribution >= 4 is 17.6 Å². The van der Waals surface area contributed by atoms with Crippen molar-refractivity contribution in [3.05, 3.63) is 65.8 Å². The Morgan fingerprint density at radius 1 is 1.21 bits per heavy atom. The van der Waals surface area contributed by atoms with Crippen LogP contribution in [0.3, 0.4) is 0 Å². The molecule has 1 aliphatic carbocycles. The molecule has 5 rings (SSSR count). The zero-order chi connectivity index (χ0) is 20.0. The smallest absolute Gasteiger partial charge is 0.309 e. The van der Waals surface area contributed by atoms with Crippen molar-refractivity contribution in [3.8, 4) is 0 Å². The molecule has 9 heteroatoms. The number of fused-ring (bicyclic) bond motifs is 3. The van der Waals surface area contributed by atoms with Crippen LogP contribution in [0, 0.1) is 5.92 Å². The van der Waals surface area contributed by atoms with Crippen LogP contribution < -0.4 is 10.2 Å². The van der Waals surface area contributed by atoms with Gasteiger partial charge in [0.25, 0.3) is 5.91 Å². The monoisotopic (exact) mass is 390 g/mol. The van der Waals surface area contributed by atoms with Crippen molar-refractivity contribution < 1.29 is 14.0 Å². The number of nitrogens with one attached hydrogen (secondary N) is 1. The molecule has 2 amide bonds. The van der Waals surface area contributed by atoms with Gasteiger partial charge in [-0.25, -0.2) is 4.98 Å². The predicted molar refractivity (Wildman–Crippen MR) is 101 cm³/mol. The van der Waals surface area contributed by atoms with Crippen molar-refractivity contribution in [2.45, 2.75) is 24.8 Å². The Labute approximate surface area is 166 Å². The number of hydrogen-bond acceptors (Lipinski definition) is 7. The molecule has 9 nitrogen and oxygen atoms in total. The highest BCUT2D eigenvalue weighted by molar-refractivity contribution is 6.02. The molecule has 1 N–H and O–H groups in total. The van der Waals surface area contributed by atoms with Gasteiger partial charge in [0.15, 0.2) is 5.82 Å². The van der Waals surface area contributed by atoms with Crippen LogP contribution in [0.1, 0.15) is 40.2 Å². The second-order valence-electron chi connectivity index (χ2n) is 7.28. The van der Waals surface area contributed by atoms with E-state index in [9.17, 15) is 9.59 Å². The van der Waals surface area contributed by atoms with Crippen LogP contribution >= 0.6 is 0 Å². The maximum atomic E-state index is 12.9. The van der Waals surface area contributed by atoms with Crippen molar-refractivity contribution in [2.24, 2.45) is 5.92 Å². The molecule has 3 aromatic rings. The molecule has 146 valence electrons. The summed E-state index contributed by atoms with van der Waals surface area (Å²) in [5.41, 5.74) is 1.80. The summed E-state index contributed by atoms with van der Waals surface area (Å²) < 4.78 is 5.51. The molecular formula is C20H18N6O3. The molecule has 0 saturated heterocycles. The summed E-state index contributed by atoms with van der Waals surface area (Å²) in [5, 5.41) is 10.6. The number of aromatic nitrogens is 4. The van der Waals surface area contributed by atoms with Gasteiger partial charge in [-0.3, -0.25) is 19.5 Å². The Bertz CT molecular complexity index is 1080. The second-order valence-corrected chi connectivity index (χ2v) is 7.28. The van der Waals surface area contributed by atoms with Gasteiger partial charge in [-0.05, 0) is 17.9 Å². The maximum Gasteiger partial charge on any atom is 0.309 e. The average Bonchev–Trinajstić information content (AvgIpc) is 3.41. The number of likely N-dealkylation sites (N-methyl/N-ethyl adjacent to an activating group) is 1. The summed E-state index contributed by atoms with van der Waals surface area (Å²) >= 11 is 0. The standard InChI is InChI=1S/C20H18N6O3/c1-26-17-15(21-7-8-22-17)12-10-13(12)16(20(26)28)23-18(27)19-25-24-14(29-19)9-11-5-3-2-4-6-11/h2-8,12-13,16H,9-10H2,1H3,(H,23,27)/t12-,13?,16+/m1/s1. The summed E-state index contributed by atoms with van der Waals surface area (Å²) in [5.74, 6) is 0.0463. The zero-order valence-corrected chi connectivity index (χ0v) is 15.6. The fraction of sp³-hybridized carbons (Fsp3) is 0.300. The fourth-order valence-electron chi connectivity index (χ4n) is 3.81. The van der Waals surface area contributed by atoms with Crippen LogP contribution in [-0.4, -0.2) is 45.1 Å². The molecule has 1 saturated carbocycles. The van der Waals surface area contributed by atoms with E-state index >= 15 is 0 Å². The molecule has 3 atom stereocenters. The van der Waals surface area contributed by atoms with E-state index in [0.717, 1.165) is 17.7 Å². The van der Waals surface area contributed by atoms with E-state index in [4.69, 9.17) is 4.42 Å². The van der Waals surface area contributed by atoms with Crippen LogP contribution in [0.15, 0.2) is 47.1 Å². The largest absolute Gasteiger partial charge is 0.417 e. The normalized spacial score (nSPS) is 22.4. The van der Waals surface area contributed by atoms with E-state index in [2.05, 4.69) is 25.5 Å². The Kier molecular flexibility index (Phi) is 4.08. The highest BCUT2D eigenvalue weighted by Crippen LogP contribution is 2.53. The molecule has 3 heterocycles. The third kappa shape index (κ3) is 3.14. The SMILES string of the molecule is CN1C(=O)[C@@H](NC(=O)c2nnc(Cc3ccccc3)o2)C2C[C@H]2c2nccnc21. The third-order valence-corrected chi connectivity index (χ3v) is 5.39. The van der Waals surface area contributed by atoms with Gasteiger partial charge in [-0.2, -0.15) is 0 Å². The number of nitrogens with zero attached hydrogens (tertiary/aromatic N) is 5. The summed E-state index contributed by atoms with van der Waals surface area (Å²) in [4.78, 5) is 35.7. The molecule has 1 aromatic carbocycles. The lowest BCUT2D eigenvalue weighted by atomic mass is 10.1. The third-order valence-electron chi connectivity index (χ3n) is 5.39. The van der Waals surface area contributed by atoms with Crippen LogP contribution in [0.5, 0.6) is 0 Å². The number of rotatable bonds is 4. The Balaban J connectivity index is 1.32. The number of hydrogen-bond donors (Lipinski definition) is 1. The van der Waals surface area contributed by atoms with E-state index in [1.807, 2.05) is 30.3 Å². The molecule has 2 aromatic heterocycles. The second kappa shape index (κ2) is 6.77. The zero-order valence-electron chi connectivity index (χ0n) is 15.6. The van der Waals surface area contributed by atoms with E-state index in [1.54, 1.807) is 19.4 Å². The highest BCUT2D eigenvalue weighted by atomic mass is 16.4. The number of amides is 2. The number of carbonyl (C=O) groups is 2. The fourth-order valence-corrected chi connectivity index (χ4v) is 3.81. The van der Waals surface area contributed by atoms with Crippen LogP contribution in [-0.2, 0) is 11.2 Å². The van der Waals surface area contributed by atoms with Crippen molar-refractivity contribution in [1.29, 1.82) is 0 Å². The molecule has 29 heavy (non-hydrogen) atoms. The maximum absolute atomic E-state index is 12.9. The van der Waals surface area contributed by atoms with Crippen LogP contribution in [0.2, 0.25) is 0 Å². The lowest BCUT2D eigenvalue weighted by molar-refractivity contribution is -0.120. The van der Waals surface area contributed by atoms with Gasteiger partial charge in [-0.1, -0.05) is 30.3 Å². The minimum absolute atomic E-state index is 0.0152. The molecule has 0 radical (unpaired) electrons. The Morgan fingerprint density at radius 2 is 2.00 bits per heavy atom. The molecular weight excluding hydrogens is 372 g/mol. The number of anilines is 1. The summed E-state index contributed by atoms with van der Waals surface area (Å²) in [6.45, 7) is 0. The van der Waals surface area contributed by atoms with Crippen molar-refractivity contribution in [1.82, 2.24) is 25.5 Å². The molecule has 0 bridgehead atoms. The highest BCUT2D eigenvalue weighted by Gasteiger charge is 2.53. The van der Waals surface area contributed by atoms with Gasteiger partial charge in [0.2, 0.25) is 5.89 Å². The van der Waals surface area contributed by atoms with E-state index in [-0.39, 0.29) is 23.6 Å². The van der Waals surface area contributed by atoms with Gasteiger partial charge in [0, 0.05) is 25.4 Å². The minimum Gasteiger partial charge on any atom is -0.417 e. The summed E-state index contributed by atoms with van der Waals surface area (Å²) in [7, 11) is 1.64. The van der Waals surface area contributed by atoms with Crippen molar-refractivity contribution in [3.63, 3.8) is 0 Å². The van der Waals surface area contributed by atoms with Gasteiger partial charge >= 0.3 is 11.8 Å². The Hall–Kier alpha value is -3.62. The average molecular weight is 390 g/mol. The quantitative estimate of drug-likeness (QED) is 0.715. The van der Waals surface area contributed by atoms with Crippen molar-refractivity contribution in [2.75, 3.05) is 11.9 Å². The molecule has 1 unspecified atom stereocenters. The predicted octanol–water partition coefficient (Wildman–Crippen LogP) is 1.33. The van der Waals surface area contributed by atoms with E-state index in [1.165, 1.54) is 4.90 Å². The Morgan fingerprint density at radius 3 is 2.83 bits per heavy atom. The van der Waals surface area contributed by atoms with Gasteiger partial charge in [0.1, 0.15) is 6.04 Å². The number of carbonyl (C=O) groups excluding carboxylic acids is 2.